The fourth-order valence-electron chi connectivity index (χ4n) is 0.564. The van der Waals surface area contributed by atoms with E-state index in [1.54, 1.807) is 0 Å². The smallest absolute Gasteiger partial charge is 0.0161 e. The number of rotatable bonds is 4. The van der Waals surface area contributed by atoms with E-state index in [1.165, 1.54) is 12.0 Å². The Hall–Kier alpha value is -0.300. The minimum atomic E-state index is 1.05. The number of hydrogen-bond acceptors (Lipinski definition) is 1. The molecule has 0 aliphatic carbocycles. The highest BCUT2D eigenvalue weighted by Gasteiger charge is 1.84. The van der Waals surface area contributed by atoms with Crippen LogP contribution >= 0.6 is 0 Å². The highest BCUT2D eigenvalue weighted by Crippen LogP contribution is 1.86. The number of hydrogen-bond donors (Lipinski definition) is 1. The lowest BCUT2D eigenvalue weighted by atomic mass is 10.3. The highest BCUT2D eigenvalue weighted by molar-refractivity contribution is 4.97. The van der Waals surface area contributed by atoms with Crippen LogP contribution < -0.4 is 5.32 Å². The summed E-state index contributed by atoms with van der Waals surface area (Å²) in [6.07, 6.45) is 3.36. The van der Waals surface area contributed by atoms with Crippen LogP contribution in [-0.4, -0.2) is 13.1 Å². The SMILES string of the molecule is C/C=C(\C)CNCCC. The zero-order valence-electron chi connectivity index (χ0n) is 6.70. The molecule has 0 fully saturated rings. The molecule has 9 heavy (non-hydrogen) atoms. The molecule has 0 saturated carbocycles. The third kappa shape index (κ3) is 5.57. The molecule has 0 aromatic heterocycles. The van der Waals surface area contributed by atoms with Crippen molar-refractivity contribution in [2.45, 2.75) is 27.2 Å². The van der Waals surface area contributed by atoms with Crippen molar-refractivity contribution in [1.82, 2.24) is 5.32 Å². The molecule has 0 amide bonds. The second-order valence-electron chi connectivity index (χ2n) is 2.31. The molecule has 1 nitrogen and oxygen atoms in total. The molecule has 0 atom stereocenters. The Balaban J connectivity index is 3.07. The molecule has 54 valence electrons. The average Bonchev–Trinajstić information content (AvgIpc) is 1.89. The topological polar surface area (TPSA) is 12.0 Å². The normalized spacial score (nSPS) is 12.1. The van der Waals surface area contributed by atoms with Crippen LogP contribution in [0.1, 0.15) is 27.2 Å². The summed E-state index contributed by atoms with van der Waals surface area (Å²) >= 11 is 0. The fourth-order valence-corrected chi connectivity index (χ4v) is 0.564. The molecule has 1 N–H and O–H groups in total. The molecule has 0 aromatic carbocycles. The van der Waals surface area contributed by atoms with Gasteiger partial charge in [-0.1, -0.05) is 18.6 Å². The molecule has 0 bridgehead atoms. The van der Waals surface area contributed by atoms with Gasteiger partial charge in [-0.25, -0.2) is 0 Å². The molecule has 0 spiro atoms. The lowest BCUT2D eigenvalue weighted by Gasteiger charge is -2.00. The summed E-state index contributed by atoms with van der Waals surface area (Å²) in [6.45, 7) is 8.57. The molecule has 0 radical (unpaired) electrons. The summed E-state index contributed by atoms with van der Waals surface area (Å²) < 4.78 is 0. The van der Waals surface area contributed by atoms with E-state index >= 15 is 0 Å². The average molecular weight is 127 g/mol. The van der Waals surface area contributed by atoms with Crippen molar-refractivity contribution < 1.29 is 0 Å². The molecular weight excluding hydrogens is 110 g/mol. The molecule has 0 rings (SSSR count). The van der Waals surface area contributed by atoms with Gasteiger partial charge in [0, 0.05) is 6.54 Å². The van der Waals surface area contributed by atoms with E-state index < -0.39 is 0 Å². The summed E-state index contributed by atoms with van der Waals surface area (Å²) in [4.78, 5) is 0. The summed E-state index contributed by atoms with van der Waals surface area (Å²) in [5, 5.41) is 3.32. The maximum absolute atomic E-state index is 3.32. The van der Waals surface area contributed by atoms with Crippen molar-refractivity contribution in [3.05, 3.63) is 11.6 Å². The zero-order valence-corrected chi connectivity index (χ0v) is 6.70. The molecule has 0 aliphatic rings. The van der Waals surface area contributed by atoms with Crippen LogP contribution in [0.5, 0.6) is 0 Å². The molecule has 0 aromatic rings. The first-order valence-electron chi connectivity index (χ1n) is 3.63. The van der Waals surface area contributed by atoms with Gasteiger partial charge >= 0.3 is 0 Å². The second-order valence-corrected chi connectivity index (χ2v) is 2.31. The van der Waals surface area contributed by atoms with Gasteiger partial charge in [0.2, 0.25) is 0 Å². The van der Waals surface area contributed by atoms with Gasteiger partial charge in [-0.3, -0.25) is 0 Å². The fraction of sp³-hybridized carbons (Fsp3) is 0.750. The summed E-state index contributed by atoms with van der Waals surface area (Å²) in [5.41, 5.74) is 1.42. The summed E-state index contributed by atoms with van der Waals surface area (Å²) in [7, 11) is 0. The standard InChI is InChI=1S/C8H17N/c1-4-6-9-7-8(3)5-2/h5,9H,4,6-7H2,1-3H3/b8-5+. The van der Waals surface area contributed by atoms with Crippen molar-refractivity contribution >= 4 is 0 Å². The maximum Gasteiger partial charge on any atom is 0.0161 e. The first-order chi connectivity index (χ1) is 4.31. The Bertz CT molecular complexity index is 84.6. The molecule has 0 unspecified atom stereocenters. The third-order valence-electron chi connectivity index (χ3n) is 1.32. The predicted octanol–water partition coefficient (Wildman–Crippen LogP) is 1.95. The number of allylic oxidation sites excluding steroid dienone is 1. The lowest BCUT2D eigenvalue weighted by molar-refractivity contribution is 0.713. The third-order valence-corrected chi connectivity index (χ3v) is 1.32. The van der Waals surface area contributed by atoms with E-state index in [0.717, 1.165) is 13.1 Å². The Morgan fingerprint density at radius 2 is 2.22 bits per heavy atom. The van der Waals surface area contributed by atoms with Crippen LogP contribution in [0, 0.1) is 0 Å². The predicted molar refractivity (Wildman–Crippen MR) is 42.6 cm³/mol. The van der Waals surface area contributed by atoms with Gasteiger partial charge in [-0.05, 0) is 26.8 Å². The molecule has 0 saturated heterocycles. The van der Waals surface area contributed by atoms with Crippen LogP contribution in [0.4, 0.5) is 0 Å². The van der Waals surface area contributed by atoms with Crippen molar-refractivity contribution in [2.75, 3.05) is 13.1 Å². The lowest BCUT2D eigenvalue weighted by Crippen LogP contribution is -2.16. The van der Waals surface area contributed by atoms with Crippen LogP contribution in [0.15, 0.2) is 11.6 Å². The van der Waals surface area contributed by atoms with E-state index in [1.807, 2.05) is 0 Å². The summed E-state index contributed by atoms with van der Waals surface area (Å²) in [5.74, 6) is 0. The minimum Gasteiger partial charge on any atom is -0.313 e. The Labute approximate surface area is 58.2 Å². The van der Waals surface area contributed by atoms with Crippen LogP contribution in [0.3, 0.4) is 0 Å². The van der Waals surface area contributed by atoms with E-state index in [-0.39, 0.29) is 0 Å². The zero-order chi connectivity index (χ0) is 7.11. The highest BCUT2D eigenvalue weighted by atomic mass is 14.8. The second kappa shape index (κ2) is 5.83. The van der Waals surface area contributed by atoms with Crippen molar-refractivity contribution in [3.63, 3.8) is 0 Å². The van der Waals surface area contributed by atoms with E-state index in [9.17, 15) is 0 Å². The largest absolute Gasteiger partial charge is 0.313 e. The summed E-state index contributed by atoms with van der Waals surface area (Å²) in [6, 6.07) is 0. The maximum atomic E-state index is 3.32. The van der Waals surface area contributed by atoms with Crippen LogP contribution in [0.25, 0.3) is 0 Å². The monoisotopic (exact) mass is 127 g/mol. The van der Waals surface area contributed by atoms with Gasteiger partial charge in [0.1, 0.15) is 0 Å². The van der Waals surface area contributed by atoms with Crippen molar-refractivity contribution in [2.24, 2.45) is 0 Å². The van der Waals surface area contributed by atoms with E-state index in [4.69, 9.17) is 0 Å². The first kappa shape index (κ1) is 8.70. The number of nitrogens with one attached hydrogen (secondary N) is 1. The molecule has 0 heterocycles. The molecule has 1 heteroatoms. The van der Waals surface area contributed by atoms with E-state index in [0.29, 0.717) is 0 Å². The van der Waals surface area contributed by atoms with Gasteiger partial charge in [-0.2, -0.15) is 0 Å². The quantitative estimate of drug-likeness (QED) is 0.449. The van der Waals surface area contributed by atoms with Crippen LogP contribution in [-0.2, 0) is 0 Å². The van der Waals surface area contributed by atoms with Gasteiger partial charge < -0.3 is 5.32 Å². The molecule has 0 aliphatic heterocycles. The van der Waals surface area contributed by atoms with Gasteiger partial charge in [0.15, 0.2) is 0 Å². The van der Waals surface area contributed by atoms with Gasteiger partial charge in [0.25, 0.3) is 0 Å². The van der Waals surface area contributed by atoms with Crippen LogP contribution in [0.2, 0.25) is 0 Å². The van der Waals surface area contributed by atoms with Crippen molar-refractivity contribution in [3.8, 4) is 0 Å². The van der Waals surface area contributed by atoms with Gasteiger partial charge in [-0.15, -0.1) is 0 Å². The van der Waals surface area contributed by atoms with E-state index in [2.05, 4.69) is 32.2 Å². The minimum absolute atomic E-state index is 1.05. The van der Waals surface area contributed by atoms with Gasteiger partial charge in [0.05, 0.1) is 0 Å². The van der Waals surface area contributed by atoms with Crippen molar-refractivity contribution in [1.29, 1.82) is 0 Å². The molecular formula is C8H17N. The Morgan fingerprint density at radius 1 is 1.56 bits per heavy atom. The Morgan fingerprint density at radius 3 is 2.67 bits per heavy atom. The first-order valence-corrected chi connectivity index (χ1v) is 3.63. The Kier molecular flexibility index (Phi) is 5.64.